The summed E-state index contributed by atoms with van der Waals surface area (Å²) >= 11 is 0. The molecule has 0 bridgehead atoms. The van der Waals surface area contributed by atoms with Crippen LogP contribution in [0.15, 0.2) is 24.3 Å². The number of carboxylic acids is 1. The van der Waals surface area contributed by atoms with Crippen molar-refractivity contribution in [2.45, 2.75) is 13.0 Å². The summed E-state index contributed by atoms with van der Waals surface area (Å²) in [5.74, 6) is -1.12. The smallest absolute Gasteiger partial charge is 0.304 e. The predicted molar refractivity (Wildman–Crippen MR) is 65.8 cm³/mol. The molecule has 0 amide bonds. The number of nitrogens with zero attached hydrogens (tertiary/aromatic N) is 1. The Balaban J connectivity index is 2.59. The minimum absolute atomic E-state index is 0.0398. The molecule has 0 aromatic heterocycles. The number of benzene rings is 1. The second-order valence-electron chi connectivity index (χ2n) is 4.00. The highest BCUT2D eigenvalue weighted by Crippen LogP contribution is 2.10. The number of ether oxygens (including phenoxy) is 1. The fourth-order valence-corrected chi connectivity index (χ4v) is 1.61. The molecule has 5 heteroatoms. The van der Waals surface area contributed by atoms with Gasteiger partial charge >= 0.3 is 5.97 Å². The SMILES string of the molecule is COCCN(CCC(=O)O)Cc1ccccc1F. The molecule has 0 unspecified atom stereocenters. The van der Waals surface area contributed by atoms with E-state index in [0.717, 1.165) is 0 Å². The molecule has 0 fully saturated rings. The molecular formula is C13H18FNO3. The Kier molecular flexibility index (Phi) is 6.32. The van der Waals surface area contributed by atoms with Gasteiger partial charge in [-0.2, -0.15) is 0 Å². The van der Waals surface area contributed by atoms with E-state index in [4.69, 9.17) is 9.84 Å². The zero-order valence-corrected chi connectivity index (χ0v) is 10.4. The van der Waals surface area contributed by atoms with Gasteiger partial charge in [0, 0.05) is 32.3 Å². The summed E-state index contributed by atoms with van der Waals surface area (Å²) in [5, 5.41) is 8.68. The van der Waals surface area contributed by atoms with Gasteiger partial charge in [0.25, 0.3) is 0 Å². The Hall–Kier alpha value is -1.46. The van der Waals surface area contributed by atoms with Crippen LogP contribution in [-0.4, -0.2) is 42.8 Å². The number of methoxy groups -OCH3 is 1. The standard InChI is InChI=1S/C13H18FNO3/c1-18-9-8-15(7-6-13(16)17)10-11-4-2-3-5-12(11)14/h2-5H,6-10H2,1H3,(H,16,17). The number of carboxylic acid groups (broad SMARTS) is 1. The van der Waals surface area contributed by atoms with E-state index < -0.39 is 5.97 Å². The molecule has 1 aromatic carbocycles. The second kappa shape index (κ2) is 7.79. The summed E-state index contributed by atoms with van der Waals surface area (Å²) in [5.41, 5.74) is 0.569. The molecule has 0 spiro atoms. The van der Waals surface area contributed by atoms with Crippen LogP contribution in [0.4, 0.5) is 4.39 Å². The summed E-state index contributed by atoms with van der Waals surface area (Å²) in [6, 6.07) is 6.51. The molecule has 0 atom stereocenters. The molecule has 1 N–H and O–H groups in total. The monoisotopic (exact) mass is 255 g/mol. The lowest BCUT2D eigenvalue weighted by molar-refractivity contribution is -0.137. The maximum atomic E-state index is 13.5. The summed E-state index contributed by atoms with van der Waals surface area (Å²) in [6.45, 7) is 1.85. The Morgan fingerprint density at radius 2 is 2.11 bits per heavy atom. The third kappa shape index (κ3) is 5.25. The molecular weight excluding hydrogens is 237 g/mol. The summed E-state index contributed by atoms with van der Waals surface area (Å²) in [4.78, 5) is 12.4. The molecule has 0 aliphatic heterocycles. The molecule has 0 saturated carbocycles. The van der Waals surface area contributed by atoms with Crippen molar-refractivity contribution in [2.75, 3.05) is 26.8 Å². The first-order valence-electron chi connectivity index (χ1n) is 5.80. The highest BCUT2D eigenvalue weighted by Gasteiger charge is 2.10. The van der Waals surface area contributed by atoms with Gasteiger partial charge in [-0.1, -0.05) is 18.2 Å². The largest absolute Gasteiger partial charge is 0.481 e. The molecule has 0 radical (unpaired) electrons. The summed E-state index contributed by atoms with van der Waals surface area (Å²) in [6.07, 6.45) is 0.0398. The van der Waals surface area contributed by atoms with E-state index in [0.29, 0.717) is 31.8 Å². The number of aliphatic carboxylic acids is 1. The van der Waals surface area contributed by atoms with E-state index in [1.807, 2.05) is 4.90 Å². The van der Waals surface area contributed by atoms with Crippen LogP contribution in [0.2, 0.25) is 0 Å². The predicted octanol–water partition coefficient (Wildman–Crippen LogP) is 1.75. The highest BCUT2D eigenvalue weighted by atomic mass is 19.1. The third-order valence-electron chi connectivity index (χ3n) is 2.61. The minimum atomic E-state index is -0.856. The van der Waals surface area contributed by atoms with E-state index in [9.17, 15) is 9.18 Å². The lowest BCUT2D eigenvalue weighted by atomic mass is 10.2. The third-order valence-corrected chi connectivity index (χ3v) is 2.61. The van der Waals surface area contributed by atoms with Gasteiger partial charge in [0.1, 0.15) is 5.82 Å². The lowest BCUT2D eigenvalue weighted by Crippen LogP contribution is -2.29. The molecule has 100 valence electrons. The molecule has 0 aliphatic carbocycles. The topological polar surface area (TPSA) is 49.8 Å². The fraction of sp³-hybridized carbons (Fsp3) is 0.462. The molecule has 1 aromatic rings. The summed E-state index contributed by atoms with van der Waals surface area (Å²) in [7, 11) is 1.58. The fourth-order valence-electron chi connectivity index (χ4n) is 1.61. The Morgan fingerprint density at radius 3 is 2.72 bits per heavy atom. The van der Waals surface area contributed by atoms with Crippen molar-refractivity contribution in [1.29, 1.82) is 0 Å². The number of hydrogen-bond donors (Lipinski definition) is 1. The second-order valence-corrected chi connectivity index (χ2v) is 4.00. The molecule has 18 heavy (non-hydrogen) atoms. The minimum Gasteiger partial charge on any atom is -0.481 e. The van der Waals surface area contributed by atoms with Gasteiger partial charge < -0.3 is 9.84 Å². The molecule has 0 saturated heterocycles. The number of rotatable bonds is 8. The van der Waals surface area contributed by atoms with Gasteiger partial charge in [0.05, 0.1) is 13.0 Å². The average molecular weight is 255 g/mol. The number of carbonyl (C=O) groups is 1. The van der Waals surface area contributed by atoms with Gasteiger partial charge in [-0.05, 0) is 6.07 Å². The maximum Gasteiger partial charge on any atom is 0.304 e. The van der Waals surface area contributed by atoms with E-state index in [-0.39, 0.29) is 12.2 Å². The molecule has 0 aliphatic rings. The van der Waals surface area contributed by atoms with Crippen LogP contribution >= 0.6 is 0 Å². The highest BCUT2D eigenvalue weighted by molar-refractivity contribution is 5.66. The first-order valence-corrected chi connectivity index (χ1v) is 5.80. The van der Waals surface area contributed by atoms with Crippen LogP contribution in [0.5, 0.6) is 0 Å². The van der Waals surface area contributed by atoms with Gasteiger partial charge in [-0.15, -0.1) is 0 Å². The van der Waals surface area contributed by atoms with E-state index in [2.05, 4.69) is 0 Å². The van der Waals surface area contributed by atoms with Gasteiger partial charge in [-0.3, -0.25) is 9.69 Å². The Labute approximate surface area is 106 Å². The van der Waals surface area contributed by atoms with Crippen molar-refractivity contribution in [2.24, 2.45) is 0 Å². The van der Waals surface area contributed by atoms with E-state index in [1.165, 1.54) is 6.07 Å². The lowest BCUT2D eigenvalue weighted by Gasteiger charge is -2.21. The van der Waals surface area contributed by atoms with Gasteiger partial charge in [-0.25, -0.2) is 4.39 Å². The van der Waals surface area contributed by atoms with E-state index in [1.54, 1.807) is 25.3 Å². The zero-order valence-electron chi connectivity index (χ0n) is 10.4. The van der Waals surface area contributed by atoms with Crippen LogP contribution in [0.25, 0.3) is 0 Å². The van der Waals surface area contributed by atoms with Crippen molar-refractivity contribution in [1.82, 2.24) is 4.90 Å². The van der Waals surface area contributed by atoms with Crippen molar-refractivity contribution < 1.29 is 19.0 Å². The van der Waals surface area contributed by atoms with Crippen LogP contribution < -0.4 is 0 Å². The number of halogens is 1. The normalized spacial score (nSPS) is 10.8. The van der Waals surface area contributed by atoms with Crippen LogP contribution in [-0.2, 0) is 16.1 Å². The van der Waals surface area contributed by atoms with E-state index >= 15 is 0 Å². The summed E-state index contributed by atoms with van der Waals surface area (Å²) < 4.78 is 18.5. The average Bonchev–Trinajstić information content (AvgIpc) is 2.35. The van der Waals surface area contributed by atoms with Crippen molar-refractivity contribution in [3.8, 4) is 0 Å². The first-order chi connectivity index (χ1) is 8.63. The van der Waals surface area contributed by atoms with Crippen molar-refractivity contribution in [3.05, 3.63) is 35.6 Å². The Bertz CT molecular complexity index is 384. The molecule has 4 nitrogen and oxygen atoms in total. The Morgan fingerprint density at radius 1 is 1.39 bits per heavy atom. The van der Waals surface area contributed by atoms with Gasteiger partial charge in [0.2, 0.25) is 0 Å². The van der Waals surface area contributed by atoms with Crippen molar-refractivity contribution in [3.63, 3.8) is 0 Å². The van der Waals surface area contributed by atoms with Gasteiger partial charge in [0.15, 0.2) is 0 Å². The van der Waals surface area contributed by atoms with Crippen LogP contribution in [0.1, 0.15) is 12.0 Å². The van der Waals surface area contributed by atoms with Crippen LogP contribution in [0.3, 0.4) is 0 Å². The maximum absolute atomic E-state index is 13.5. The zero-order chi connectivity index (χ0) is 13.4. The first kappa shape index (κ1) is 14.6. The van der Waals surface area contributed by atoms with Crippen molar-refractivity contribution >= 4 is 5.97 Å². The molecule has 0 heterocycles. The number of hydrogen-bond acceptors (Lipinski definition) is 3. The van der Waals surface area contributed by atoms with Crippen LogP contribution in [0, 0.1) is 5.82 Å². The quantitative estimate of drug-likeness (QED) is 0.769. The molecule has 1 rings (SSSR count).